The summed E-state index contributed by atoms with van der Waals surface area (Å²) in [7, 11) is 0. The fraction of sp³-hybridized carbons (Fsp3) is 0.143. The number of thiol groups is 1. The van der Waals surface area contributed by atoms with Crippen LogP contribution in [0.15, 0.2) is 17.2 Å². The first-order chi connectivity index (χ1) is 5.25. The topological polar surface area (TPSA) is 25.8 Å². The Kier molecular flexibility index (Phi) is 1.58. The van der Waals surface area contributed by atoms with E-state index in [9.17, 15) is 0 Å². The highest BCUT2D eigenvalue weighted by atomic mass is 32.1. The molecule has 0 aromatic carbocycles. The minimum atomic E-state index is 0.824. The van der Waals surface area contributed by atoms with Crippen LogP contribution in [0.25, 0.3) is 10.3 Å². The van der Waals surface area contributed by atoms with Crippen molar-refractivity contribution < 1.29 is 0 Å². The summed E-state index contributed by atoms with van der Waals surface area (Å²) in [6.45, 7) is 1.98. The molecule has 0 aliphatic rings. The summed E-state index contributed by atoms with van der Waals surface area (Å²) in [6, 6.07) is 1.98. The van der Waals surface area contributed by atoms with Crippen molar-refractivity contribution in [1.29, 1.82) is 0 Å². The Morgan fingerprint density at radius 2 is 2.36 bits per heavy atom. The van der Waals surface area contributed by atoms with Crippen LogP contribution in [0.2, 0.25) is 0 Å². The second-order valence-corrected chi connectivity index (χ2v) is 4.00. The molecule has 2 rings (SSSR count). The second-order valence-electron chi connectivity index (χ2n) is 2.25. The highest BCUT2D eigenvalue weighted by Gasteiger charge is 1.99. The van der Waals surface area contributed by atoms with Crippen molar-refractivity contribution in [3.05, 3.63) is 17.3 Å². The van der Waals surface area contributed by atoms with E-state index in [4.69, 9.17) is 0 Å². The average Bonchev–Trinajstić information content (AvgIpc) is 2.27. The molecule has 2 nitrogen and oxygen atoms in total. The number of thiazole rings is 1. The molecule has 0 unspecified atom stereocenters. The maximum absolute atomic E-state index is 4.23. The Morgan fingerprint density at radius 1 is 1.55 bits per heavy atom. The van der Waals surface area contributed by atoms with Crippen molar-refractivity contribution in [2.45, 2.75) is 11.8 Å². The predicted octanol–water partition coefficient (Wildman–Crippen LogP) is 2.29. The number of pyridine rings is 1. The number of aromatic nitrogens is 2. The lowest BCUT2D eigenvalue weighted by atomic mass is 10.5. The first-order valence-corrected chi connectivity index (χ1v) is 4.44. The smallest absolute Gasteiger partial charge is 0.170 e. The molecule has 0 aliphatic heterocycles. The van der Waals surface area contributed by atoms with E-state index in [1.54, 1.807) is 17.5 Å². The summed E-state index contributed by atoms with van der Waals surface area (Å²) < 4.78 is 1.11. The average molecular weight is 182 g/mol. The highest BCUT2D eigenvalue weighted by molar-refractivity contribution is 7.80. The molecule has 0 fully saturated rings. The van der Waals surface area contributed by atoms with E-state index in [0.717, 1.165) is 20.3 Å². The van der Waals surface area contributed by atoms with Gasteiger partial charge in [-0.3, -0.25) is 0 Å². The molecule has 0 amide bonds. The van der Waals surface area contributed by atoms with E-state index >= 15 is 0 Å². The van der Waals surface area contributed by atoms with E-state index < -0.39 is 0 Å². The molecule has 4 heteroatoms. The summed E-state index contributed by atoms with van der Waals surface area (Å²) >= 11 is 5.83. The number of hydrogen-bond donors (Lipinski definition) is 1. The maximum Gasteiger partial charge on any atom is 0.170 e. The number of hydrogen-bond acceptors (Lipinski definition) is 4. The quantitative estimate of drug-likeness (QED) is 0.632. The number of fused-ring (bicyclic) bond motifs is 1. The van der Waals surface area contributed by atoms with Gasteiger partial charge >= 0.3 is 0 Å². The van der Waals surface area contributed by atoms with Gasteiger partial charge in [-0.1, -0.05) is 0 Å². The van der Waals surface area contributed by atoms with Gasteiger partial charge in [-0.2, -0.15) is 0 Å². The minimum absolute atomic E-state index is 0.824. The van der Waals surface area contributed by atoms with Crippen molar-refractivity contribution in [3.63, 3.8) is 0 Å². The lowest BCUT2D eigenvalue weighted by molar-refractivity contribution is 1.24. The summed E-state index contributed by atoms with van der Waals surface area (Å²) in [5, 5.41) is 1.05. The molecule has 2 heterocycles. The van der Waals surface area contributed by atoms with Crippen LogP contribution < -0.4 is 0 Å². The van der Waals surface area contributed by atoms with Crippen molar-refractivity contribution in [2.24, 2.45) is 0 Å². The molecule has 0 saturated heterocycles. The fourth-order valence-electron chi connectivity index (χ4n) is 0.917. The zero-order chi connectivity index (χ0) is 7.84. The van der Waals surface area contributed by atoms with E-state index in [1.165, 1.54) is 0 Å². The third-order valence-corrected chi connectivity index (χ3v) is 2.49. The van der Waals surface area contributed by atoms with E-state index in [-0.39, 0.29) is 0 Å². The summed E-state index contributed by atoms with van der Waals surface area (Å²) in [6.07, 6.45) is 1.71. The van der Waals surface area contributed by atoms with Gasteiger partial charge in [0.25, 0.3) is 0 Å². The molecule has 11 heavy (non-hydrogen) atoms. The van der Waals surface area contributed by atoms with Gasteiger partial charge in [-0.25, -0.2) is 9.97 Å². The van der Waals surface area contributed by atoms with Gasteiger partial charge < -0.3 is 0 Å². The molecule has 2 aromatic heterocycles. The molecule has 0 bridgehead atoms. The molecule has 0 atom stereocenters. The summed E-state index contributed by atoms with van der Waals surface area (Å²) in [5.41, 5.74) is 0.824. The Labute approximate surface area is 73.7 Å². The molecule has 0 spiro atoms. The van der Waals surface area contributed by atoms with Crippen LogP contribution in [-0.2, 0) is 0 Å². The van der Waals surface area contributed by atoms with Gasteiger partial charge in [0.2, 0.25) is 0 Å². The maximum atomic E-state index is 4.23. The van der Waals surface area contributed by atoms with Crippen LogP contribution in [-0.4, -0.2) is 9.97 Å². The Morgan fingerprint density at radius 3 is 3.18 bits per heavy atom. The van der Waals surface area contributed by atoms with Crippen molar-refractivity contribution in [3.8, 4) is 0 Å². The van der Waals surface area contributed by atoms with Gasteiger partial charge in [0, 0.05) is 11.1 Å². The predicted molar refractivity (Wildman–Crippen MR) is 49.4 cm³/mol. The lowest BCUT2D eigenvalue weighted by Gasteiger charge is -1.87. The molecular formula is C7H6N2S2. The van der Waals surface area contributed by atoms with Crippen molar-refractivity contribution in [1.82, 2.24) is 9.97 Å². The Bertz CT molecular complexity index is 394. The van der Waals surface area contributed by atoms with Gasteiger partial charge in [0.05, 0.1) is 9.71 Å². The number of aryl methyl sites for hydroxylation is 1. The number of rotatable bonds is 0. The Hall–Kier alpha value is -0.610. The van der Waals surface area contributed by atoms with Crippen LogP contribution in [0.3, 0.4) is 0 Å². The molecule has 0 N–H and O–H groups in total. The standard InChI is InChI=1S/C7H6N2S2/c1-4-9-7-6(11-4)2-5(10)3-8-7/h2-3,10H,1H3. The van der Waals surface area contributed by atoms with Crippen molar-refractivity contribution in [2.75, 3.05) is 0 Å². The summed E-state index contributed by atoms with van der Waals surface area (Å²) in [4.78, 5) is 9.24. The van der Waals surface area contributed by atoms with Crippen LogP contribution >= 0.6 is 24.0 Å². The largest absolute Gasteiger partial charge is 0.235 e. The van der Waals surface area contributed by atoms with Gasteiger partial charge in [-0.15, -0.1) is 24.0 Å². The van der Waals surface area contributed by atoms with Gasteiger partial charge in [0.1, 0.15) is 0 Å². The molecular weight excluding hydrogens is 176 g/mol. The second kappa shape index (κ2) is 2.46. The molecule has 2 aromatic rings. The fourth-order valence-corrected chi connectivity index (χ4v) is 2.02. The molecule has 0 radical (unpaired) electrons. The van der Waals surface area contributed by atoms with Crippen LogP contribution in [0.5, 0.6) is 0 Å². The zero-order valence-electron chi connectivity index (χ0n) is 5.90. The van der Waals surface area contributed by atoms with E-state index in [1.807, 2.05) is 13.0 Å². The van der Waals surface area contributed by atoms with Gasteiger partial charge in [-0.05, 0) is 13.0 Å². The molecule has 0 aliphatic carbocycles. The molecule has 56 valence electrons. The van der Waals surface area contributed by atoms with Crippen molar-refractivity contribution >= 4 is 34.3 Å². The zero-order valence-corrected chi connectivity index (χ0v) is 7.62. The van der Waals surface area contributed by atoms with Crippen LogP contribution in [0, 0.1) is 6.92 Å². The highest BCUT2D eigenvalue weighted by Crippen LogP contribution is 2.21. The molecule has 0 saturated carbocycles. The van der Waals surface area contributed by atoms with E-state index in [0.29, 0.717) is 0 Å². The normalized spacial score (nSPS) is 10.7. The SMILES string of the molecule is Cc1nc2ncc(S)cc2s1. The van der Waals surface area contributed by atoms with Gasteiger partial charge in [0.15, 0.2) is 5.65 Å². The minimum Gasteiger partial charge on any atom is -0.235 e. The third-order valence-electron chi connectivity index (χ3n) is 1.34. The summed E-state index contributed by atoms with van der Waals surface area (Å²) in [5.74, 6) is 0. The van der Waals surface area contributed by atoms with E-state index in [2.05, 4.69) is 22.6 Å². The Balaban J connectivity index is 2.82. The first kappa shape index (κ1) is 7.06. The first-order valence-electron chi connectivity index (χ1n) is 3.18. The monoisotopic (exact) mass is 182 g/mol. The van der Waals surface area contributed by atoms with Crippen LogP contribution in [0.4, 0.5) is 0 Å². The number of nitrogens with zero attached hydrogens (tertiary/aromatic N) is 2. The third kappa shape index (κ3) is 1.23. The lowest BCUT2D eigenvalue weighted by Crippen LogP contribution is -1.75. The van der Waals surface area contributed by atoms with Crippen LogP contribution in [0.1, 0.15) is 5.01 Å².